The first kappa shape index (κ1) is 11.3. The van der Waals surface area contributed by atoms with Gasteiger partial charge in [0, 0.05) is 0 Å². The Morgan fingerprint density at radius 2 is 1.94 bits per heavy atom. The van der Waals surface area contributed by atoms with Crippen molar-refractivity contribution in [3.63, 3.8) is 0 Å². The second-order valence-electron chi connectivity index (χ2n) is 4.95. The fourth-order valence-electron chi connectivity index (χ4n) is 3.03. The predicted molar refractivity (Wildman–Crippen MR) is 78.8 cm³/mol. The smallest absolute Gasteiger partial charge is 0.000741 e. The van der Waals surface area contributed by atoms with Crippen LogP contribution < -0.4 is 0 Å². The molecule has 0 heterocycles. The minimum atomic E-state index is 1.06. The number of benzene rings is 2. The van der Waals surface area contributed by atoms with Crippen LogP contribution in [0.3, 0.4) is 0 Å². The fraction of sp³-hybridized carbons (Fsp3) is 0.222. The maximum Gasteiger partial charge on any atom is -0.000741 e. The highest BCUT2D eigenvalue weighted by Crippen LogP contribution is 2.39. The predicted octanol–water partition coefficient (Wildman–Crippen LogP) is 4.85. The van der Waals surface area contributed by atoms with Crippen LogP contribution in [0.1, 0.15) is 35.6 Å². The monoisotopic (exact) mass is 234 g/mol. The van der Waals surface area contributed by atoms with Crippen molar-refractivity contribution in [2.24, 2.45) is 0 Å². The molecule has 90 valence electrons. The second-order valence-corrected chi connectivity index (χ2v) is 4.95. The largest absolute Gasteiger partial charge is 0.0984 e. The summed E-state index contributed by atoms with van der Waals surface area (Å²) < 4.78 is 0. The van der Waals surface area contributed by atoms with Crippen molar-refractivity contribution in [2.75, 3.05) is 0 Å². The van der Waals surface area contributed by atoms with Crippen molar-refractivity contribution in [3.8, 4) is 11.1 Å². The standard InChI is InChI=1S/C18H18/c1-3-7-13-10-11-17-16-9-6-5-8-14(16)12-18(17)15(13)4-2/h4-6,8-11H,2-3,7,12H2,1H3. The third-order valence-electron chi connectivity index (χ3n) is 3.85. The van der Waals surface area contributed by atoms with Gasteiger partial charge in [0.2, 0.25) is 0 Å². The molecule has 0 saturated heterocycles. The minimum Gasteiger partial charge on any atom is -0.0984 e. The molecule has 2 aromatic carbocycles. The highest BCUT2D eigenvalue weighted by molar-refractivity contribution is 5.81. The van der Waals surface area contributed by atoms with Crippen LogP contribution in [0, 0.1) is 0 Å². The van der Waals surface area contributed by atoms with Gasteiger partial charge >= 0.3 is 0 Å². The molecule has 1 aliphatic carbocycles. The van der Waals surface area contributed by atoms with Crippen LogP contribution in [0.5, 0.6) is 0 Å². The first-order valence-corrected chi connectivity index (χ1v) is 6.70. The van der Waals surface area contributed by atoms with Gasteiger partial charge in [-0.3, -0.25) is 0 Å². The van der Waals surface area contributed by atoms with Crippen LogP contribution in [0.15, 0.2) is 43.0 Å². The Labute approximate surface area is 109 Å². The molecule has 0 aliphatic heterocycles. The zero-order chi connectivity index (χ0) is 12.5. The maximum atomic E-state index is 4.01. The maximum absolute atomic E-state index is 4.01. The molecule has 0 aromatic heterocycles. The lowest BCUT2D eigenvalue weighted by molar-refractivity contribution is 0.917. The molecule has 2 aromatic rings. The molecule has 0 nitrogen and oxygen atoms in total. The quantitative estimate of drug-likeness (QED) is 0.607. The highest BCUT2D eigenvalue weighted by atomic mass is 14.2. The van der Waals surface area contributed by atoms with Gasteiger partial charge in [0.1, 0.15) is 0 Å². The van der Waals surface area contributed by atoms with E-state index in [2.05, 4.69) is 49.9 Å². The molecule has 3 rings (SSSR count). The zero-order valence-electron chi connectivity index (χ0n) is 10.9. The Morgan fingerprint density at radius 1 is 1.11 bits per heavy atom. The molecule has 0 fully saturated rings. The Balaban J connectivity index is 2.19. The molecule has 0 bridgehead atoms. The third kappa shape index (κ3) is 1.60. The van der Waals surface area contributed by atoms with Crippen LogP contribution in [0.25, 0.3) is 17.2 Å². The van der Waals surface area contributed by atoms with E-state index in [1.54, 1.807) is 0 Å². The number of aryl methyl sites for hydroxylation is 1. The van der Waals surface area contributed by atoms with Gasteiger partial charge in [-0.25, -0.2) is 0 Å². The summed E-state index contributed by atoms with van der Waals surface area (Å²) in [6, 6.07) is 13.3. The molecule has 0 saturated carbocycles. The lowest BCUT2D eigenvalue weighted by Gasteiger charge is -2.11. The molecule has 0 heteroatoms. The van der Waals surface area contributed by atoms with E-state index in [0.29, 0.717) is 0 Å². The van der Waals surface area contributed by atoms with Crippen LogP contribution in [0.4, 0.5) is 0 Å². The summed E-state index contributed by atoms with van der Waals surface area (Å²) in [7, 11) is 0. The van der Waals surface area contributed by atoms with E-state index in [1.165, 1.54) is 39.8 Å². The van der Waals surface area contributed by atoms with Crippen molar-refractivity contribution in [2.45, 2.75) is 26.2 Å². The molecule has 0 atom stereocenters. The van der Waals surface area contributed by atoms with Crippen LogP contribution >= 0.6 is 0 Å². The first-order valence-electron chi connectivity index (χ1n) is 6.70. The van der Waals surface area contributed by atoms with Gasteiger partial charge in [-0.1, -0.05) is 62.4 Å². The second kappa shape index (κ2) is 4.45. The van der Waals surface area contributed by atoms with Crippen molar-refractivity contribution in [3.05, 3.63) is 65.2 Å². The first-order chi connectivity index (χ1) is 8.85. The van der Waals surface area contributed by atoms with Crippen molar-refractivity contribution in [1.82, 2.24) is 0 Å². The summed E-state index contributed by atoms with van der Waals surface area (Å²) in [5.41, 5.74) is 8.53. The average Bonchev–Trinajstić information content (AvgIpc) is 2.77. The molecule has 1 aliphatic rings. The molecule has 0 unspecified atom stereocenters. The summed E-state index contributed by atoms with van der Waals surface area (Å²) in [4.78, 5) is 0. The molecule has 0 amide bonds. The van der Waals surface area contributed by atoms with Gasteiger partial charge in [0.15, 0.2) is 0 Å². The van der Waals surface area contributed by atoms with E-state index < -0.39 is 0 Å². The van der Waals surface area contributed by atoms with Crippen molar-refractivity contribution < 1.29 is 0 Å². The Kier molecular flexibility index (Phi) is 2.79. The normalized spacial score (nSPS) is 12.1. The Bertz CT molecular complexity index is 605. The lowest BCUT2D eigenvalue weighted by Crippen LogP contribution is -1.94. The van der Waals surface area contributed by atoms with Crippen LogP contribution in [-0.2, 0) is 12.8 Å². The van der Waals surface area contributed by atoms with E-state index in [9.17, 15) is 0 Å². The zero-order valence-corrected chi connectivity index (χ0v) is 10.9. The molecule has 0 radical (unpaired) electrons. The fourth-order valence-corrected chi connectivity index (χ4v) is 3.03. The molecular formula is C18H18. The summed E-state index contributed by atoms with van der Waals surface area (Å²) >= 11 is 0. The van der Waals surface area contributed by atoms with Gasteiger partial charge in [-0.05, 0) is 46.2 Å². The third-order valence-corrected chi connectivity index (χ3v) is 3.85. The molecule has 18 heavy (non-hydrogen) atoms. The van der Waals surface area contributed by atoms with Crippen molar-refractivity contribution in [1.29, 1.82) is 0 Å². The number of hydrogen-bond donors (Lipinski definition) is 0. The van der Waals surface area contributed by atoms with Crippen LogP contribution in [0.2, 0.25) is 0 Å². The van der Waals surface area contributed by atoms with Crippen LogP contribution in [-0.4, -0.2) is 0 Å². The van der Waals surface area contributed by atoms with E-state index in [-0.39, 0.29) is 0 Å². The number of rotatable bonds is 3. The van der Waals surface area contributed by atoms with Gasteiger partial charge in [0.05, 0.1) is 0 Å². The summed E-state index contributed by atoms with van der Waals surface area (Å²) in [6.07, 6.45) is 5.43. The Morgan fingerprint density at radius 3 is 2.72 bits per heavy atom. The number of fused-ring (bicyclic) bond motifs is 3. The van der Waals surface area contributed by atoms with Gasteiger partial charge in [0.25, 0.3) is 0 Å². The van der Waals surface area contributed by atoms with Crippen molar-refractivity contribution >= 4 is 6.08 Å². The lowest BCUT2D eigenvalue weighted by atomic mass is 9.94. The van der Waals surface area contributed by atoms with E-state index in [1.807, 2.05) is 6.08 Å². The average molecular weight is 234 g/mol. The molecule has 0 spiro atoms. The summed E-state index contributed by atoms with van der Waals surface area (Å²) in [5, 5.41) is 0. The van der Waals surface area contributed by atoms with E-state index in [4.69, 9.17) is 0 Å². The SMILES string of the molecule is C=Cc1c(CCC)ccc2c1Cc1ccccc1-2. The number of hydrogen-bond acceptors (Lipinski definition) is 0. The van der Waals surface area contributed by atoms with Gasteiger partial charge < -0.3 is 0 Å². The highest BCUT2D eigenvalue weighted by Gasteiger charge is 2.20. The topological polar surface area (TPSA) is 0 Å². The minimum absolute atomic E-state index is 1.06. The summed E-state index contributed by atoms with van der Waals surface area (Å²) in [5.74, 6) is 0. The van der Waals surface area contributed by atoms with Gasteiger partial charge in [-0.15, -0.1) is 0 Å². The molecule has 0 N–H and O–H groups in total. The summed E-state index contributed by atoms with van der Waals surface area (Å²) in [6.45, 7) is 6.25. The van der Waals surface area contributed by atoms with E-state index in [0.717, 1.165) is 12.8 Å². The Hall–Kier alpha value is -1.82. The molecular weight excluding hydrogens is 216 g/mol. The van der Waals surface area contributed by atoms with E-state index >= 15 is 0 Å². The van der Waals surface area contributed by atoms with Gasteiger partial charge in [-0.2, -0.15) is 0 Å².